The third-order valence-electron chi connectivity index (χ3n) is 3.40. The summed E-state index contributed by atoms with van der Waals surface area (Å²) in [6, 6.07) is -0.342. The molecule has 0 saturated carbocycles. The Morgan fingerprint density at radius 2 is 2.12 bits per heavy atom. The van der Waals surface area contributed by atoms with Gasteiger partial charge in [0.25, 0.3) is 0 Å². The third kappa shape index (κ3) is 3.95. The van der Waals surface area contributed by atoms with Crippen molar-refractivity contribution in [3.63, 3.8) is 0 Å². The molecule has 1 rings (SSSR count). The first-order valence-corrected chi connectivity index (χ1v) is 5.92. The second-order valence-corrected chi connectivity index (χ2v) is 4.83. The van der Waals surface area contributed by atoms with Crippen LogP contribution >= 0.6 is 0 Å². The summed E-state index contributed by atoms with van der Waals surface area (Å²) in [7, 11) is 2.57. The van der Waals surface area contributed by atoms with Crippen LogP contribution in [0.3, 0.4) is 0 Å². The normalized spacial score (nSPS) is 28.6. The van der Waals surface area contributed by atoms with Crippen molar-refractivity contribution in [3.8, 4) is 0 Å². The van der Waals surface area contributed by atoms with E-state index in [1.54, 1.807) is 0 Å². The molecule has 0 aromatic rings. The quantitative estimate of drug-likeness (QED) is 0.440. The van der Waals surface area contributed by atoms with Crippen LogP contribution in [-0.2, 0) is 4.79 Å². The molecule has 0 aromatic heterocycles. The Balaban J connectivity index is 2.56. The van der Waals surface area contributed by atoms with Gasteiger partial charge < -0.3 is 25.4 Å². The van der Waals surface area contributed by atoms with Gasteiger partial charge in [0.1, 0.15) is 6.04 Å². The minimum atomic E-state index is -1.30. The highest BCUT2D eigenvalue weighted by molar-refractivity contribution is 6.40. The van der Waals surface area contributed by atoms with Gasteiger partial charge in [-0.25, -0.2) is 0 Å². The molecular formula is C10H21BN2O4. The Morgan fingerprint density at radius 3 is 2.59 bits per heavy atom. The summed E-state index contributed by atoms with van der Waals surface area (Å²) in [6.45, 7) is 0.663. The summed E-state index contributed by atoms with van der Waals surface area (Å²) in [5.74, 6) is -0.815. The highest BCUT2D eigenvalue weighted by atomic mass is 16.4. The molecule has 1 aliphatic heterocycles. The van der Waals surface area contributed by atoms with Crippen LogP contribution in [0.4, 0.5) is 0 Å². The molecule has 7 heteroatoms. The van der Waals surface area contributed by atoms with E-state index >= 15 is 0 Å². The number of hydrogen-bond acceptors (Lipinski definition) is 5. The summed E-state index contributed by atoms with van der Waals surface area (Å²) in [6.07, 6.45) is 1.60. The monoisotopic (exact) mass is 244 g/mol. The lowest BCUT2D eigenvalue weighted by molar-refractivity contribution is -0.140. The first kappa shape index (κ1) is 14.4. The number of nitrogens with one attached hydrogen (secondary N) is 1. The van der Waals surface area contributed by atoms with Gasteiger partial charge in [0.05, 0.1) is 0 Å². The number of nitrogens with zero attached hydrogens (tertiary/aromatic N) is 1. The molecule has 0 spiro atoms. The zero-order chi connectivity index (χ0) is 13.0. The van der Waals surface area contributed by atoms with Crippen LogP contribution in [0.1, 0.15) is 12.8 Å². The van der Waals surface area contributed by atoms with Crippen molar-refractivity contribution in [1.29, 1.82) is 0 Å². The van der Waals surface area contributed by atoms with E-state index in [9.17, 15) is 4.79 Å². The number of carbonyl (C=O) groups is 1. The van der Waals surface area contributed by atoms with Crippen molar-refractivity contribution in [2.75, 3.05) is 20.6 Å². The molecule has 1 aliphatic rings. The Morgan fingerprint density at radius 1 is 1.47 bits per heavy atom. The average molecular weight is 244 g/mol. The first-order chi connectivity index (χ1) is 7.93. The molecule has 0 radical (unpaired) electrons. The second-order valence-electron chi connectivity index (χ2n) is 4.83. The maximum absolute atomic E-state index is 11.1. The summed E-state index contributed by atoms with van der Waals surface area (Å²) >= 11 is 0. The zero-order valence-electron chi connectivity index (χ0n) is 10.3. The first-order valence-electron chi connectivity index (χ1n) is 5.92. The van der Waals surface area contributed by atoms with Crippen molar-refractivity contribution in [2.45, 2.75) is 31.2 Å². The van der Waals surface area contributed by atoms with E-state index in [1.807, 2.05) is 19.0 Å². The third-order valence-corrected chi connectivity index (χ3v) is 3.40. The Hall–Kier alpha value is -0.625. The molecule has 0 aliphatic carbocycles. The van der Waals surface area contributed by atoms with Gasteiger partial charge in [-0.1, -0.05) is 6.42 Å². The summed E-state index contributed by atoms with van der Waals surface area (Å²) in [5, 5.41) is 29.7. The fraction of sp³-hybridized carbons (Fsp3) is 0.900. The standard InChI is InChI=1S/C10H21BN2O4/c1-13(2)8-6-12-9(10(14)15)7(8)4-3-5-11(16)17/h7-9,12,16-17H,3-6H2,1-2H3,(H,14,15)/t7-,8+,9+/m1/s1. The molecule has 1 fully saturated rings. The molecule has 0 unspecified atom stereocenters. The van der Waals surface area contributed by atoms with Crippen LogP contribution in [0.15, 0.2) is 0 Å². The maximum Gasteiger partial charge on any atom is 0.451 e. The van der Waals surface area contributed by atoms with Crippen LogP contribution in [0.25, 0.3) is 0 Å². The topological polar surface area (TPSA) is 93.0 Å². The number of carboxylic acids is 1. The van der Waals surface area contributed by atoms with E-state index < -0.39 is 19.1 Å². The Labute approximate surface area is 102 Å². The summed E-state index contributed by atoms with van der Waals surface area (Å²) in [4.78, 5) is 13.1. The van der Waals surface area contributed by atoms with E-state index in [-0.39, 0.29) is 12.0 Å². The molecule has 98 valence electrons. The van der Waals surface area contributed by atoms with Crippen molar-refractivity contribution in [2.24, 2.45) is 5.92 Å². The zero-order valence-corrected chi connectivity index (χ0v) is 10.3. The lowest BCUT2D eigenvalue weighted by atomic mass is 9.80. The van der Waals surface area contributed by atoms with Gasteiger partial charge in [0.2, 0.25) is 0 Å². The predicted octanol–water partition coefficient (Wildman–Crippen LogP) is -1.16. The predicted molar refractivity (Wildman–Crippen MR) is 64.6 cm³/mol. The van der Waals surface area contributed by atoms with E-state index in [1.165, 1.54) is 0 Å². The summed E-state index contributed by atoms with van der Waals surface area (Å²) < 4.78 is 0. The van der Waals surface area contributed by atoms with Crippen molar-refractivity contribution < 1.29 is 19.9 Å². The molecular weight excluding hydrogens is 223 g/mol. The molecule has 3 atom stereocenters. The molecule has 6 nitrogen and oxygen atoms in total. The minimum absolute atomic E-state index is 0.0150. The number of rotatable bonds is 6. The highest BCUT2D eigenvalue weighted by Gasteiger charge is 2.40. The number of carboxylic acid groups (broad SMARTS) is 1. The van der Waals surface area contributed by atoms with E-state index in [4.69, 9.17) is 15.2 Å². The Bertz CT molecular complexity index is 263. The van der Waals surface area contributed by atoms with Crippen LogP contribution in [0, 0.1) is 5.92 Å². The molecule has 17 heavy (non-hydrogen) atoms. The van der Waals surface area contributed by atoms with Crippen LogP contribution in [0.2, 0.25) is 6.32 Å². The maximum atomic E-state index is 11.1. The van der Waals surface area contributed by atoms with Crippen molar-refractivity contribution in [1.82, 2.24) is 10.2 Å². The van der Waals surface area contributed by atoms with Gasteiger partial charge in [-0.3, -0.25) is 4.79 Å². The number of aliphatic carboxylic acids is 1. The van der Waals surface area contributed by atoms with Gasteiger partial charge in [-0.15, -0.1) is 0 Å². The number of likely N-dealkylation sites (N-methyl/N-ethyl adjacent to an activating group) is 1. The lowest BCUT2D eigenvalue weighted by Crippen LogP contribution is -2.39. The lowest BCUT2D eigenvalue weighted by Gasteiger charge is -2.27. The van der Waals surface area contributed by atoms with Gasteiger partial charge in [0.15, 0.2) is 0 Å². The SMILES string of the molecule is CN(C)[C@H]1CN[C@H](C(=O)O)[C@@H]1CCCB(O)O. The molecule has 0 amide bonds. The molecule has 0 aromatic carbocycles. The van der Waals surface area contributed by atoms with Gasteiger partial charge in [0, 0.05) is 18.5 Å². The largest absolute Gasteiger partial charge is 0.480 e. The fourth-order valence-corrected chi connectivity index (χ4v) is 2.50. The van der Waals surface area contributed by atoms with Gasteiger partial charge in [-0.05, 0) is 26.8 Å². The van der Waals surface area contributed by atoms with Crippen molar-refractivity contribution >= 4 is 13.1 Å². The molecule has 4 N–H and O–H groups in total. The number of hydrogen-bond donors (Lipinski definition) is 4. The van der Waals surface area contributed by atoms with E-state index in [0.717, 1.165) is 0 Å². The van der Waals surface area contributed by atoms with Crippen molar-refractivity contribution in [3.05, 3.63) is 0 Å². The fourth-order valence-electron chi connectivity index (χ4n) is 2.50. The van der Waals surface area contributed by atoms with Gasteiger partial charge in [-0.2, -0.15) is 0 Å². The second kappa shape index (κ2) is 6.35. The molecule has 1 heterocycles. The van der Waals surface area contributed by atoms with E-state index in [2.05, 4.69) is 5.32 Å². The minimum Gasteiger partial charge on any atom is -0.480 e. The molecule has 1 saturated heterocycles. The van der Waals surface area contributed by atoms with Crippen LogP contribution in [0.5, 0.6) is 0 Å². The summed E-state index contributed by atoms with van der Waals surface area (Å²) in [5.41, 5.74) is 0. The molecule has 0 bridgehead atoms. The smallest absolute Gasteiger partial charge is 0.451 e. The van der Waals surface area contributed by atoms with Crippen LogP contribution in [-0.4, -0.2) is 65.9 Å². The van der Waals surface area contributed by atoms with E-state index in [0.29, 0.717) is 25.7 Å². The van der Waals surface area contributed by atoms with Crippen LogP contribution < -0.4 is 5.32 Å². The highest BCUT2D eigenvalue weighted by Crippen LogP contribution is 2.25. The Kier molecular flexibility index (Phi) is 5.39. The average Bonchev–Trinajstić information content (AvgIpc) is 2.60. The van der Waals surface area contributed by atoms with Gasteiger partial charge >= 0.3 is 13.1 Å².